The van der Waals surface area contributed by atoms with Crippen molar-refractivity contribution in [3.05, 3.63) is 65.9 Å². The second-order valence-corrected chi connectivity index (χ2v) is 10.6. The molecule has 0 bridgehead atoms. The molecule has 1 N–H and O–H groups in total. The Morgan fingerprint density at radius 1 is 1.19 bits per heavy atom. The van der Waals surface area contributed by atoms with Gasteiger partial charge in [-0.3, -0.25) is 10.1 Å². The standard InChI is InChI=1S/C25H23N5O5S2/c1-34-19-8-10-20(11-9-19)35-13-5-12-30-16-18(21-6-3-4-7-22(21)30)14-17(15-26)23(31)27-24-28-25(29-36-24)37(2,32)33/h3-4,6-11,14,16H,5,12-13H2,1-2H3,(H,27,28,29,31)/b17-14-. The van der Waals surface area contributed by atoms with Crippen LogP contribution < -0.4 is 14.8 Å². The molecule has 12 heteroatoms. The lowest BCUT2D eigenvalue weighted by Gasteiger charge is -2.08. The van der Waals surface area contributed by atoms with Crippen LogP contribution in [0.3, 0.4) is 0 Å². The van der Waals surface area contributed by atoms with Crippen molar-refractivity contribution in [1.82, 2.24) is 13.9 Å². The van der Waals surface area contributed by atoms with Gasteiger partial charge in [0.15, 0.2) is 0 Å². The van der Waals surface area contributed by atoms with Crippen LogP contribution in [0.15, 0.2) is 65.5 Å². The van der Waals surface area contributed by atoms with Gasteiger partial charge in [0.1, 0.15) is 23.1 Å². The van der Waals surface area contributed by atoms with E-state index in [0.29, 0.717) is 18.7 Å². The van der Waals surface area contributed by atoms with Crippen molar-refractivity contribution in [2.45, 2.75) is 18.1 Å². The Balaban J connectivity index is 1.47. The Bertz CT molecular complexity index is 1600. The molecule has 0 atom stereocenters. The number of carbonyl (C=O) groups excluding carboxylic acids is 1. The number of nitriles is 1. The number of anilines is 1. The highest BCUT2D eigenvalue weighted by atomic mass is 32.2. The van der Waals surface area contributed by atoms with Gasteiger partial charge in [-0.15, -0.1) is 0 Å². The molecule has 2 heterocycles. The summed E-state index contributed by atoms with van der Waals surface area (Å²) in [5, 5.41) is 12.6. The van der Waals surface area contributed by atoms with E-state index >= 15 is 0 Å². The number of ether oxygens (including phenoxy) is 2. The number of fused-ring (bicyclic) bond motifs is 1. The van der Waals surface area contributed by atoms with Crippen molar-refractivity contribution in [2.75, 3.05) is 25.3 Å². The molecule has 0 saturated carbocycles. The minimum absolute atomic E-state index is 0.00846. The first-order valence-electron chi connectivity index (χ1n) is 11.1. The van der Waals surface area contributed by atoms with E-state index in [2.05, 4.69) is 19.2 Å². The third-order valence-electron chi connectivity index (χ3n) is 5.32. The molecule has 2 aromatic carbocycles. The lowest BCUT2D eigenvalue weighted by atomic mass is 10.1. The molecule has 1 amide bonds. The zero-order valence-electron chi connectivity index (χ0n) is 20.0. The van der Waals surface area contributed by atoms with Gasteiger partial charge in [0.25, 0.3) is 11.1 Å². The van der Waals surface area contributed by atoms with E-state index in [-0.39, 0.29) is 15.9 Å². The zero-order chi connectivity index (χ0) is 26.4. The van der Waals surface area contributed by atoms with Crippen LogP contribution in [0.1, 0.15) is 12.0 Å². The molecule has 0 aliphatic carbocycles. The summed E-state index contributed by atoms with van der Waals surface area (Å²) in [5.41, 5.74) is 1.51. The van der Waals surface area contributed by atoms with E-state index in [1.165, 1.54) is 6.08 Å². The third kappa shape index (κ3) is 6.32. The van der Waals surface area contributed by atoms with Gasteiger partial charge in [0.2, 0.25) is 15.0 Å². The second kappa shape index (κ2) is 11.2. The molecular formula is C25H23N5O5S2. The maximum Gasteiger partial charge on any atom is 0.268 e. The van der Waals surface area contributed by atoms with E-state index in [9.17, 15) is 18.5 Å². The van der Waals surface area contributed by atoms with E-state index in [4.69, 9.17) is 9.47 Å². The molecule has 190 valence electrons. The fourth-order valence-corrected chi connectivity index (χ4v) is 4.99. The highest BCUT2D eigenvalue weighted by Crippen LogP contribution is 2.25. The fraction of sp³-hybridized carbons (Fsp3) is 0.200. The number of hydrogen-bond donors (Lipinski definition) is 1. The summed E-state index contributed by atoms with van der Waals surface area (Å²) in [6.07, 6.45) is 5.09. The van der Waals surface area contributed by atoms with Crippen LogP contribution >= 0.6 is 11.5 Å². The molecule has 0 spiro atoms. The van der Waals surface area contributed by atoms with Crippen molar-refractivity contribution in [3.8, 4) is 17.6 Å². The van der Waals surface area contributed by atoms with Gasteiger partial charge in [-0.05, 0) is 42.8 Å². The quantitative estimate of drug-likeness (QED) is 0.183. The first-order valence-corrected chi connectivity index (χ1v) is 13.8. The molecule has 10 nitrogen and oxygen atoms in total. The summed E-state index contributed by atoms with van der Waals surface area (Å²) in [6.45, 7) is 1.17. The van der Waals surface area contributed by atoms with Crippen LogP contribution in [0.5, 0.6) is 11.5 Å². The monoisotopic (exact) mass is 537 g/mol. The highest BCUT2D eigenvalue weighted by Gasteiger charge is 2.18. The van der Waals surface area contributed by atoms with Crippen LogP contribution in [0, 0.1) is 11.3 Å². The number of aryl methyl sites for hydroxylation is 1. The number of amides is 1. The summed E-state index contributed by atoms with van der Waals surface area (Å²) in [4.78, 5) is 16.5. The third-order valence-corrected chi connectivity index (χ3v) is 6.91. The number of sulfone groups is 1. The number of para-hydroxylation sites is 1. The molecule has 0 saturated heterocycles. The van der Waals surface area contributed by atoms with Gasteiger partial charge in [0, 0.05) is 47.0 Å². The summed E-state index contributed by atoms with van der Waals surface area (Å²) in [7, 11) is -1.99. The second-order valence-electron chi connectivity index (χ2n) is 7.95. The SMILES string of the molecule is COc1ccc(OCCCn2cc(/C=C(/C#N)C(=O)Nc3nc(S(C)(=O)=O)ns3)c3ccccc32)cc1. The molecular weight excluding hydrogens is 514 g/mol. The van der Waals surface area contributed by atoms with Crippen LogP contribution in [0.2, 0.25) is 0 Å². The first-order chi connectivity index (χ1) is 17.8. The molecule has 0 radical (unpaired) electrons. The molecule has 0 unspecified atom stereocenters. The van der Waals surface area contributed by atoms with Crippen molar-refractivity contribution in [2.24, 2.45) is 0 Å². The van der Waals surface area contributed by atoms with Crippen molar-refractivity contribution in [1.29, 1.82) is 5.26 Å². The van der Waals surface area contributed by atoms with Crippen LogP contribution in [-0.4, -0.2) is 48.2 Å². The van der Waals surface area contributed by atoms with Gasteiger partial charge in [0.05, 0.1) is 13.7 Å². The number of methoxy groups -OCH3 is 1. The molecule has 2 aromatic heterocycles. The average Bonchev–Trinajstić information content (AvgIpc) is 3.50. The number of hydrogen-bond acceptors (Lipinski definition) is 9. The highest BCUT2D eigenvalue weighted by molar-refractivity contribution is 7.90. The minimum Gasteiger partial charge on any atom is -0.497 e. The smallest absolute Gasteiger partial charge is 0.268 e. The van der Waals surface area contributed by atoms with Crippen LogP contribution in [0.25, 0.3) is 17.0 Å². The normalized spacial score (nSPS) is 11.8. The molecule has 37 heavy (non-hydrogen) atoms. The maximum absolute atomic E-state index is 12.7. The topological polar surface area (TPSA) is 136 Å². The Labute approximate surface area is 217 Å². The van der Waals surface area contributed by atoms with Crippen LogP contribution in [0.4, 0.5) is 5.13 Å². The van der Waals surface area contributed by atoms with Gasteiger partial charge in [-0.1, -0.05) is 18.2 Å². The Hall–Kier alpha value is -4.21. The predicted octanol–water partition coefficient (Wildman–Crippen LogP) is 3.92. The Morgan fingerprint density at radius 2 is 1.92 bits per heavy atom. The Kier molecular flexibility index (Phi) is 7.86. The molecule has 0 aliphatic heterocycles. The summed E-state index contributed by atoms with van der Waals surface area (Å²) < 4.78 is 39.9. The van der Waals surface area contributed by atoms with Crippen molar-refractivity contribution < 1.29 is 22.7 Å². The summed E-state index contributed by atoms with van der Waals surface area (Å²) in [5.74, 6) is 0.813. The summed E-state index contributed by atoms with van der Waals surface area (Å²) >= 11 is 0.726. The van der Waals surface area contributed by atoms with Crippen molar-refractivity contribution >= 4 is 49.4 Å². The number of nitrogens with one attached hydrogen (secondary N) is 1. The molecule has 0 aliphatic rings. The number of benzene rings is 2. The maximum atomic E-state index is 12.7. The molecule has 0 fully saturated rings. The van der Waals surface area contributed by atoms with E-state index in [1.54, 1.807) is 7.11 Å². The van der Waals surface area contributed by atoms with Gasteiger partial charge in [-0.2, -0.15) is 14.6 Å². The largest absolute Gasteiger partial charge is 0.497 e. The fourth-order valence-electron chi connectivity index (χ4n) is 3.55. The summed E-state index contributed by atoms with van der Waals surface area (Å²) in [6, 6.07) is 17.0. The predicted molar refractivity (Wildman–Crippen MR) is 140 cm³/mol. The van der Waals surface area contributed by atoms with E-state index < -0.39 is 15.7 Å². The number of nitrogens with zero attached hydrogens (tertiary/aromatic N) is 4. The van der Waals surface area contributed by atoms with E-state index in [0.717, 1.165) is 46.6 Å². The first kappa shape index (κ1) is 25.9. The minimum atomic E-state index is -3.60. The number of carbonyl (C=O) groups is 1. The van der Waals surface area contributed by atoms with Crippen LogP contribution in [-0.2, 0) is 21.2 Å². The lowest BCUT2D eigenvalue weighted by Crippen LogP contribution is -2.13. The molecule has 4 rings (SSSR count). The zero-order valence-corrected chi connectivity index (χ0v) is 21.7. The Morgan fingerprint density at radius 3 is 2.59 bits per heavy atom. The van der Waals surface area contributed by atoms with E-state index in [1.807, 2.05) is 60.8 Å². The molecule has 4 aromatic rings. The van der Waals surface area contributed by atoms with Crippen molar-refractivity contribution in [3.63, 3.8) is 0 Å². The van der Waals surface area contributed by atoms with Gasteiger partial charge in [-0.25, -0.2) is 8.42 Å². The lowest BCUT2D eigenvalue weighted by molar-refractivity contribution is -0.112. The average molecular weight is 538 g/mol. The van der Waals surface area contributed by atoms with Gasteiger partial charge >= 0.3 is 0 Å². The number of aromatic nitrogens is 3. The van der Waals surface area contributed by atoms with Gasteiger partial charge < -0.3 is 14.0 Å². The number of rotatable bonds is 10.